The summed E-state index contributed by atoms with van der Waals surface area (Å²) in [7, 11) is 4.19. The zero-order chi connectivity index (χ0) is 16.7. The first-order chi connectivity index (χ1) is 11.1. The average Bonchev–Trinajstić information content (AvgIpc) is 2.52. The molecular weight excluding hydrogens is 326 g/mol. The summed E-state index contributed by atoms with van der Waals surface area (Å²) in [6.45, 7) is 1.68. The highest BCUT2D eigenvalue weighted by Gasteiger charge is 2.13. The molecule has 0 N–H and O–H groups in total. The van der Waals surface area contributed by atoms with Gasteiger partial charge in [-0.05, 0) is 68.7 Å². The Morgan fingerprint density at radius 2 is 1.87 bits per heavy atom. The summed E-state index contributed by atoms with van der Waals surface area (Å²) in [5, 5.41) is 0.791. The number of thioether (sulfide) groups is 1. The van der Waals surface area contributed by atoms with Crippen LogP contribution >= 0.6 is 23.4 Å². The second kappa shape index (κ2) is 9.21. The number of rotatable bonds is 8. The number of nitrogens with zero attached hydrogens (tertiary/aromatic N) is 1. The van der Waals surface area contributed by atoms with E-state index in [0.717, 1.165) is 23.7 Å². The normalized spacial score (nSPS) is 12.4. The summed E-state index contributed by atoms with van der Waals surface area (Å²) < 4.78 is 6.00. The van der Waals surface area contributed by atoms with E-state index in [1.54, 1.807) is 11.8 Å². The van der Waals surface area contributed by atoms with Gasteiger partial charge in [0.1, 0.15) is 5.75 Å². The molecule has 0 bridgehead atoms. The van der Waals surface area contributed by atoms with Crippen molar-refractivity contribution in [2.75, 3.05) is 33.5 Å². The first-order valence-corrected chi connectivity index (χ1v) is 9.33. The van der Waals surface area contributed by atoms with Crippen LogP contribution in [0.4, 0.5) is 0 Å². The van der Waals surface area contributed by atoms with Crippen molar-refractivity contribution in [1.29, 1.82) is 0 Å². The predicted molar refractivity (Wildman–Crippen MR) is 101 cm³/mol. The lowest BCUT2D eigenvalue weighted by Gasteiger charge is -2.21. The van der Waals surface area contributed by atoms with Crippen LogP contribution in [-0.4, -0.2) is 38.4 Å². The van der Waals surface area contributed by atoms with E-state index < -0.39 is 0 Å². The smallest absolute Gasteiger partial charge is 0.119 e. The van der Waals surface area contributed by atoms with E-state index >= 15 is 0 Å². The molecule has 4 heteroatoms. The summed E-state index contributed by atoms with van der Waals surface area (Å²) >= 11 is 7.83. The van der Waals surface area contributed by atoms with E-state index in [4.69, 9.17) is 16.3 Å². The molecule has 1 atom stereocenters. The minimum atomic E-state index is 0.420. The lowest BCUT2D eigenvalue weighted by atomic mass is 9.99. The molecule has 1 unspecified atom stereocenters. The van der Waals surface area contributed by atoms with Gasteiger partial charge in [-0.1, -0.05) is 23.7 Å². The number of hydrogen-bond acceptors (Lipinski definition) is 3. The van der Waals surface area contributed by atoms with Crippen molar-refractivity contribution in [3.63, 3.8) is 0 Å². The molecule has 23 heavy (non-hydrogen) atoms. The number of benzene rings is 2. The molecule has 0 spiro atoms. The molecule has 0 amide bonds. The molecule has 0 saturated carbocycles. The standard InChI is InChI=1S/C19H24ClNOS/c1-21(2)13-16(11-15-5-4-6-17(20)12-15)14-22-18-7-9-19(23-3)10-8-18/h4-10,12,16H,11,13-14H2,1-3H3. The second-order valence-electron chi connectivity index (χ2n) is 5.95. The molecular formula is C19H24ClNOS. The first kappa shape index (κ1) is 18.2. The number of hydrogen-bond donors (Lipinski definition) is 0. The molecule has 2 rings (SSSR count). The molecule has 2 nitrogen and oxygen atoms in total. The summed E-state index contributed by atoms with van der Waals surface area (Å²) in [6.07, 6.45) is 3.04. The largest absolute Gasteiger partial charge is 0.493 e. The van der Waals surface area contributed by atoms with Crippen LogP contribution in [0.5, 0.6) is 5.75 Å². The van der Waals surface area contributed by atoms with E-state index in [0.29, 0.717) is 12.5 Å². The Labute approximate surface area is 148 Å². The zero-order valence-corrected chi connectivity index (χ0v) is 15.5. The van der Waals surface area contributed by atoms with Crippen LogP contribution in [0.1, 0.15) is 5.56 Å². The van der Waals surface area contributed by atoms with Crippen molar-refractivity contribution >= 4 is 23.4 Å². The fraction of sp³-hybridized carbons (Fsp3) is 0.368. The predicted octanol–water partition coefficient (Wildman–Crippen LogP) is 4.86. The van der Waals surface area contributed by atoms with Crippen LogP contribution in [-0.2, 0) is 6.42 Å². The average molecular weight is 350 g/mol. The minimum Gasteiger partial charge on any atom is -0.493 e. The van der Waals surface area contributed by atoms with Crippen LogP contribution in [0.3, 0.4) is 0 Å². The summed E-state index contributed by atoms with van der Waals surface area (Å²) in [4.78, 5) is 3.45. The van der Waals surface area contributed by atoms with Crippen LogP contribution in [0, 0.1) is 5.92 Å². The highest BCUT2D eigenvalue weighted by atomic mass is 35.5. The second-order valence-corrected chi connectivity index (χ2v) is 7.26. The Morgan fingerprint density at radius 3 is 2.48 bits per heavy atom. The van der Waals surface area contributed by atoms with E-state index in [9.17, 15) is 0 Å². The van der Waals surface area contributed by atoms with Gasteiger partial charge in [0.05, 0.1) is 6.61 Å². The molecule has 0 aromatic heterocycles. The monoisotopic (exact) mass is 349 g/mol. The van der Waals surface area contributed by atoms with Gasteiger partial charge in [-0.2, -0.15) is 0 Å². The van der Waals surface area contributed by atoms with Gasteiger partial charge in [-0.3, -0.25) is 0 Å². The maximum absolute atomic E-state index is 6.09. The molecule has 2 aromatic rings. The van der Waals surface area contributed by atoms with Gasteiger partial charge >= 0.3 is 0 Å². The molecule has 0 aliphatic carbocycles. The van der Waals surface area contributed by atoms with Crippen LogP contribution in [0.25, 0.3) is 0 Å². The zero-order valence-electron chi connectivity index (χ0n) is 14.0. The van der Waals surface area contributed by atoms with Crippen molar-refractivity contribution in [3.8, 4) is 5.75 Å². The first-order valence-electron chi connectivity index (χ1n) is 7.73. The third-order valence-corrected chi connectivity index (χ3v) is 4.56. The van der Waals surface area contributed by atoms with Gasteiger partial charge < -0.3 is 9.64 Å². The molecule has 0 fully saturated rings. The fourth-order valence-corrected chi connectivity index (χ4v) is 3.20. The maximum Gasteiger partial charge on any atom is 0.119 e. The van der Waals surface area contributed by atoms with Crippen LogP contribution < -0.4 is 4.74 Å². The fourth-order valence-electron chi connectivity index (χ4n) is 2.58. The Hall–Kier alpha value is -1.16. The van der Waals surface area contributed by atoms with Crippen molar-refractivity contribution in [3.05, 3.63) is 59.1 Å². The Bertz CT molecular complexity index is 601. The molecule has 0 saturated heterocycles. The quantitative estimate of drug-likeness (QED) is 0.631. The van der Waals surface area contributed by atoms with E-state index in [1.807, 2.05) is 30.3 Å². The maximum atomic E-state index is 6.09. The van der Waals surface area contributed by atoms with Gasteiger partial charge in [-0.15, -0.1) is 11.8 Å². The topological polar surface area (TPSA) is 12.5 Å². The lowest BCUT2D eigenvalue weighted by Crippen LogP contribution is -2.28. The Kier molecular flexibility index (Phi) is 7.28. The number of ether oxygens (including phenoxy) is 1. The highest BCUT2D eigenvalue weighted by molar-refractivity contribution is 7.98. The van der Waals surface area contributed by atoms with Gasteiger partial charge in [0.15, 0.2) is 0 Å². The SMILES string of the molecule is CSc1ccc(OCC(Cc2cccc(Cl)c2)CN(C)C)cc1. The van der Waals surface area contributed by atoms with Crippen LogP contribution in [0.2, 0.25) is 5.02 Å². The molecule has 0 aliphatic rings. The highest BCUT2D eigenvalue weighted by Crippen LogP contribution is 2.20. The van der Waals surface area contributed by atoms with Crippen molar-refractivity contribution in [2.45, 2.75) is 11.3 Å². The third-order valence-electron chi connectivity index (χ3n) is 3.58. The van der Waals surface area contributed by atoms with E-state index in [2.05, 4.69) is 43.5 Å². The molecule has 0 heterocycles. The summed E-state index contributed by atoms with van der Waals surface area (Å²) in [5.74, 6) is 1.35. The molecule has 2 aromatic carbocycles. The lowest BCUT2D eigenvalue weighted by molar-refractivity contribution is 0.209. The third kappa shape index (κ3) is 6.46. The van der Waals surface area contributed by atoms with E-state index in [1.165, 1.54) is 10.5 Å². The van der Waals surface area contributed by atoms with Gasteiger partial charge in [-0.25, -0.2) is 0 Å². The van der Waals surface area contributed by atoms with Gasteiger partial charge in [0.25, 0.3) is 0 Å². The summed E-state index contributed by atoms with van der Waals surface area (Å²) in [5.41, 5.74) is 1.26. The van der Waals surface area contributed by atoms with Crippen molar-refractivity contribution < 1.29 is 4.74 Å². The van der Waals surface area contributed by atoms with Crippen molar-refractivity contribution in [2.24, 2.45) is 5.92 Å². The Balaban J connectivity index is 1.97. The number of halogens is 1. The van der Waals surface area contributed by atoms with Gasteiger partial charge in [0, 0.05) is 22.4 Å². The van der Waals surface area contributed by atoms with Crippen LogP contribution in [0.15, 0.2) is 53.4 Å². The van der Waals surface area contributed by atoms with E-state index in [-0.39, 0.29) is 0 Å². The molecule has 124 valence electrons. The Morgan fingerprint density at radius 1 is 1.13 bits per heavy atom. The summed E-state index contributed by atoms with van der Waals surface area (Å²) in [6, 6.07) is 16.4. The van der Waals surface area contributed by atoms with Gasteiger partial charge in [0.2, 0.25) is 0 Å². The minimum absolute atomic E-state index is 0.420. The molecule has 0 aliphatic heterocycles. The van der Waals surface area contributed by atoms with Crippen molar-refractivity contribution in [1.82, 2.24) is 4.90 Å². The molecule has 0 radical (unpaired) electrons.